The largest absolute Gasteiger partial charge is 0.496 e. The summed E-state index contributed by atoms with van der Waals surface area (Å²) in [4.78, 5) is 29.5. The number of carbonyl (C=O) groups excluding carboxylic acids is 1. The maximum atomic E-state index is 12.5. The number of hydrogen-bond donors (Lipinski definition) is 3. The van der Waals surface area contributed by atoms with Crippen LogP contribution in [-0.4, -0.2) is 46.6 Å². The zero-order valence-electron chi connectivity index (χ0n) is 22.1. The number of carbonyl (C=O) groups is 2. The summed E-state index contributed by atoms with van der Waals surface area (Å²) in [6.45, 7) is 5.15. The van der Waals surface area contributed by atoms with Gasteiger partial charge in [0.1, 0.15) is 11.8 Å². The molecular formula is C30H34N4O4. The lowest BCUT2D eigenvalue weighted by Crippen LogP contribution is -2.48. The Morgan fingerprint density at radius 3 is 2.66 bits per heavy atom. The van der Waals surface area contributed by atoms with Crippen molar-refractivity contribution < 1.29 is 19.4 Å². The van der Waals surface area contributed by atoms with E-state index in [9.17, 15) is 14.9 Å². The summed E-state index contributed by atoms with van der Waals surface area (Å²) in [6, 6.07) is 13.3. The molecule has 5 rings (SSSR count). The number of methoxy groups -OCH3 is 1. The lowest BCUT2D eigenvalue weighted by molar-refractivity contribution is -0.138. The highest BCUT2D eigenvalue weighted by Gasteiger charge is 2.49. The highest BCUT2D eigenvalue weighted by atomic mass is 16.5. The summed E-state index contributed by atoms with van der Waals surface area (Å²) >= 11 is 0. The van der Waals surface area contributed by atoms with Gasteiger partial charge in [-0.15, -0.1) is 0 Å². The van der Waals surface area contributed by atoms with Crippen molar-refractivity contribution >= 4 is 22.8 Å². The van der Waals surface area contributed by atoms with Crippen molar-refractivity contribution in [3.8, 4) is 11.8 Å². The molecule has 0 bridgehead atoms. The molecule has 1 spiro atoms. The number of aliphatic carboxylic acids is 1. The summed E-state index contributed by atoms with van der Waals surface area (Å²) in [5, 5.41) is 22.2. The number of hydrogen-bond acceptors (Lipinski definition) is 5. The molecule has 1 aliphatic heterocycles. The molecular weight excluding hydrogens is 480 g/mol. The molecule has 0 radical (unpaired) electrons. The lowest BCUT2D eigenvalue weighted by Gasteiger charge is -2.53. The second-order valence-corrected chi connectivity index (χ2v) is 11.0. The molecule has 2 fully saturated rings. The van der Waals surface area contributed by atoms with Gasteiger partial charge in [0, 0.05) is 46.7 Å². The van der Waals surface area contributed by atoms with Crippen molar-refractivity contribution in [2.24, 2.45) is 11.3 Å². The number of amides is 1. The fraction of sp³-hybridized carbons (Fsp3) is 0.433. The lowest BCUT2D eigenvalue weighted by atomic mass is 9.56. The van der Waals surface area contributed by atoms with E-state index in [2.05, 4.69) is 40.3 Å². The topological polar surface area (TPSA) is 118 Å². The predicted octanol–water partition coefficient (Wildman–Crippen LogP) is 4.94. The van der Waals surface area contributed by atoms with E-state index in [1.54, 1.807) is 19.2 Å². The summed E-state index contributed by atoms with van der Waals surface area (Å²) in [6.07, 6.45) is 5.86. The van der Waals surface area contributed by atoms with Crippen molar-refractivity contribution in [3.63, 3.8) is 0 Å². The number of nitrogens with zero attached hydrogens (tertiary/aromatic N) is 2. The molecule has 2 aromatic carbocycles. The first-order valence-electron chi connectivity index (χ1n) is 13.1. The SMILES string of the molecule is COc1cc(C)c2[nH]ccc2c1CN1CCC2(CC(C#N)C2)C[C@H]1c1ccc(C(=O)N[C@@H](C)C(=O)O)cc1. The molecule has 2 atom stereocenters. The minimum Gasteiger partial charge on any atom is -0.496 e. The second kappa shape index (κ2) is 10.1. The van der Waals surface area contributed by atoms with Crippen LogP contribution >= 0.6 is 0 Å². The van der Waals surface area contributed by atoms with Gasteiger partial charge in [-0.25, -0.2) is 0 Å². The van der Waals surface area contributed by atoms with E-state index in [1.165, 1.54) is 6.92 Å². The van der Waals surface area contributed by atoms with Gasteiger partial charge in [-0.05, 0) is 86.9 Å². The highest BCUT2D eigenvalue weighted by Crippen LogP contribution is 2.56. The fourth-order valence-electron chi connectivity index (χ4n) is 6.33. The Balaban J connectivity index is 1.44. The van der Waals surface area contributed by atoms with Gasteiger partial charge in [0.15, 0.2) is 0 Å². The minimum absolute atomic E-state index is 0.124. The maximum Gasteiger partial charge on any atom is 0.325 e. The molecule has 1 saturated heterocycles. The van der Waals surface area contributed by atoms with Crippen LogP contribution in [0.15, 0.2) is 42.6 Å². The molecule has 38 heavy (non-hydrogen) atoms. The van der Waals surface area contributed by atoms with Crippen LogP contribution in [0.3, 0.4) is 0 Å². The number of fused-ring (bicyclic) bond motifs is 1. The number of aryl methyl sites for hydroxylation is 1. The third-order valence-corrected chi connectivity index (χ3v) is 8.51. The maximum absolute atomic E-state index is 12.5. The van der Waals surface area contributed by atoms with E-state index in [-0.39, 0.29) is 17.4 Å². The van der Waals surface area contributed by atoms with E-state index >= 15 is 0 Å². The van der Waals surface area contributed by atoms with Gasteiger partial charge in [-0.3, -0.25) is 14.5 Å². The Bertz CT molecular complexity index is 1400. The highest BCUT2D eigenvalue weighted by molar-refractivity contribution is 5.96. The number of aromatic amines is 1. The zero-order chi connectivity index (χ0) is 27.0. The van der Waals surface area contributed by atoms with Crippen LogP contribution in [0.4, 0.5) is 0 Å². The number of nitrogens with one attached hydrogen (secondary N) is 2. The van der Waals surface area contributed by atoms with Crippen molar-refractivity contribution in [1.29, 1.82) is 5.26 Å². The molecule has 3 aromatic rings. The molecule has 1 aliphatic carbocycles. The van der Waals surface area contributed by atoms with Crippen molar-refractivity contribution in [2.75, 3.05) is 13.7 Å². The third-order valence-electron chi connectivity index (χ3n) is 8.51. The van der Waals surface area contributed by atoms with Crippen LogP contribution in [0.5, 0.6) is 5.75 Å². The number of ether oxygens (including phenoxy) is 1. The third kappa shape index (κ3) is 4.74. The normalized spacial score (nSPS) is 23.9. The number of aromatic nitrogens is 1. The minimum atomic E-state index is -1.07. The molecule has 8 nitrogen and oxygen atoms in total. The van der Waals surface area contributed by atoms with Gasteiger partial charge < -0.3 is 20.1 Å². The van der Waals surface area contributed by atoms with E-state index in [0.717, 1.165) is 72.1 Å². The quantitative estimate of drug-likeness (QED) is 0.411. The van der Waals surface area contributed by atoms with Crippen LogP contribution in [-0.2, 0) is 11.3 Å². The summed E-state index contributed by atoms with van der Waals surface area (Å²) < 4.78 is 5.82. The number of nitriles is 1. The first-order chi connectivity index (χ1) is 18.2. The smallest absolute Gasteiger partial charge is 0.325 e. The molecule has 198 valence electrons. The molecule has 0 unspecified atom stereocenters. The zero-order valence-corrected chi connectivity index (χ0v) is 22.1. The van der Waals surface area contributed by atoms with Crippen LogP contribution in [0.25, 0.3) is 10.9 Å². The first-order valence-corrected chi connectivity index (χ1v) is 13.1. The molecule has 2 heterocycles. The van der Waals surface area contributed by atoms with Gasteiger partial charge >= 0.3 is 5.97 Å². The van der Waals surface area contributed by atoms with Crippen molar-refractivity contribution in [2.45, 2.75) is 58.2 Å². The Morgan fingerprint density at radius 2 is 2.00 bits per heavy atom. The number of carboxylic acid groups (broad SMARTS) is 1. The van der Waals surface area contributed by atoms with Gasteiger partial charge in [0.2, 0.25) is 0 Å². The molecule has 8 heteroatoms. The summed E-state index contributed by atoms with van der Waals surface area (Å²) in [7, 11) is 1.71. The van der Waals surface area contributed by atoms with Crippen molar-refractivity contribution in [1.82, 2.24) is 15.2 Å². The van der Waals surface area contributed by atoms with E-state index in [4.69, 9.17) is 9.84 Å². The van der Waals surface area contributed by atoms with Gasteiger partial charge in [0.25, 0.3) is 5.91 Å². The van der Waals surface area contributed by atoms with Crippen LogP contribution in [0.2, 0.25) is 0 Å². The Kier molecular flexibility index (Phi) is 6.89. The predicted molar refractivity (Wildman–Crippen MR) is 144 cm³/mol. The number of piperidine rings is 1. The van der Waals surface area contributed by atoms with Crippen LogP contribution < -0.4 is 10.1 Å². The average Bonchev–Trinajstić information content (AvgIpc) is 3.40. The molecule has 1 aromatic heterocycles. The van der Waals surface area contributed by atoms with Gasteiger partial charge in [0.05, 0.1) is 13.2 Å². The van der Waals surface area contributed by atoms with E-state index < -0.39 is 17.9 Å². The Morgan fingerprint density at radius 1 is 1.26 bits per heavy atom. The molecule has 1 saturated carbocycles. The first kappa shape index (κ1) is 25.8. The second-order valence-electron chi connectivity index (χ2n) is 11.0. The summed E-state index contributed by atoms with van der Waals surface area (Å²) in [5.74, 6) is -0.460. The van der Waals surface area contributed by atoms with Gasteiger partial charge in [-0.2, -0.15) is 5.26 Å². The van der Waals surface area contributed by atoms with Crippen molar-refractivity contribution in [3.05, 3.63) is 64.8 Å². The van der Waals surface area contributed by atoms with E-state index in [1.807, 2.05) is 18.3 Å². The molecule has 2 aliphatic rings. The standard InChI is InChI=1S/C30H34N4O4/c1-18-12-26(38-3)24(23-8-10-32-27(18)23)17-34-11-9-30(13-20(14-30)16-31)15-25(34)21-4-6-22(7-5-21)28(35)33-19(2)29(36)37/h4-8,10,12,19-20,25,32H,9,11,13-15,17H2,1-3H3,(H,33,35)(H,36,37)/t19-,20?,25-,30?/m0/s1. The Labute approximate surface area is 222 Å². The van der Waals surface area contributed by atoms with E-state index in [0.29, 0.717) is 5.56 Å². The Hall–Kier alpha value is -3.83. The van der Waals surface area contributed by atoms with Crippen LogP contribution in [0.1, 0.15) is 65.7 Å². The number of H-pyrrole nitrogens is 1. The summed E-state index contributed by atoms with van der Waals surface area (Å²) in [5.41, 5.74) is 5.13. The average molecular weight is 515 g/mol. The monoisotopic (exact) mass is 514 g/mol. The molecule has 1 amide bonds. The van der Waals surface area contributed by atoms with Crippen LogP contribution in [0, 0.1) is 29.6 Å². The molecule has 3 N–H and O–H groups in total. The number of rotatable bonds is 7. The fourth-order valence-corrected chi connectivity index (χ4v) is 6.33. The van der Waals surface area contributed by atoms with Gasteiger partial charge in [-0.1, -0.05) is 12.1 Å². The number of carboxylic acids is 1. The number of likely N-dealkylation sites (tertiary alicyclic amines) is 1. The number of benzene rings is 2.